The van der Waals surface area contributed by atoms with E-state index in [0.717, 1.165) is 0 Å². The van der Waals surface area contributed by atoms with E-state index in [-0.39, 0.29) is 31.5 Å². The van der Waals surface area contributed by atoms with Crippen molar-refractivity contribution in [3.8, 4) is 0 Å². The third-order valence-corrected chi connectivity index (χ3v) is 3.23. The van der Waals surface area contributed by atoms with Crippen LogP contribution < -0.4 is 4.90 Å². The zero-order valence-electron chi connectivity index (χ0n) is 10.2. The van der Waals surface area contributed by atoms with Crippen LogP contribution in [0.2, 0.25) is 0 Å². The van der Waals surface area contributed by atoms with Gasteiger partial charge >= 0.3 is 5.97 Å². The van der Waals surface area contributed by atoms with Crippen molar-refractivity contribution in [1.82, 2.24) is 0 Å². The second-order valence-corrected chi connectivity index (χ2v) is 4.69. The zero-order chi connectivity index (χ0) is 14.0. The topological polar surface area (TPSA) is 40.5 Å². The van der Waals surface area contributed by atoms with Crippen LogP contribution in [0.5, 0.6) is 0 Å². The molecule has 1 saturated heterocycles. The minimum absolute atomic E-state index is 0.0716. The molecule has 1 N–H and O–H groups in total. The first-order chi connectivity index (χ1) is 8.87. The largest absolute Gasteiger partial charge is 0.481 e. The fraction of sp³-hybridized carbons (Fsp3) is 0.462. The number of benzene rings is 1. The Hall–Kier alpha value is -1.72. The van der Waals surface area contributed by atoms with Crippen molar-refractivity contribution < 1.29 is 23.1 Å². The predicted octanol–water partition coefficient (Wildman–Crippen LogP) is 2.69. The summed E-state index contributed by atoms with van der Waals surface area (Å²) in [7, 11) is 0. The highest BCUT2D eigenvalue weighted by Crippen LogP contribution is 2.31. The summed E-state index contributed by atoms with van der Waals surface area (Å²) in [5.41, 5.74) is 0.662. The van der Waals surface area contributed by atoms with E-state index in [9.17, 15) is 18.0 Å². The van der Waals surface area contributed by atoms with Crippen molar-refractivity contribution in [2.24, 2.45) is 0 Å². The van der Waals surface area contributed by atoms with Gasteiger partial charge in [-0.25, -0.2) is 13.2 Å². The molecule has 1 aromatic carbocycles. The normalized spacial score (nSPS) is 18.4. The van der Waals surface area contributed by atoms with E-state index in [2.05, 4.69) is 0 Å². The van der Waals surface area contributed by atoms with Gasteiger partial charge in [0, 0.05) is 37.2 Å². The van der Waals surface area contributed by atoms with Crippen molar-refractivity contribution in [2.45, 2.75) is 25.2 Å². The molecule has 1 heterocycles. The molecule has 0 bridgehead atoms. The molecule has 104 valence electrons. The minimum Gasteiger partial charge on any atom is -0.481 e. The van der Waals surface area contributed by atoms with Crippen LogP contribution in [0.15, 0.2) is 18.2 Å². The Labute approximate surface area is 108 Å². The molecule has 1 aliphatic rings. The summed E-state index contributed by atoms with van der Waals surface area (Å²) < 4.78 is 39.5. The van der Waals surface area contributed by atoms with Gasteiger partial charge in [0.25, 0.3) is 5.92 Å². The summed E-state index contributed by atoms with van der Waals surface area (Å²) >= 11 is 0. The smallest absolute Gasteiger partial charge is 0.307 e. The molecule has 0 unspecified atom stereocenters. The van der Waals surface area contributed by atoms with E-state index < -0.39 is 24.1 Å². The number of aliphatic carboxylic acids is 1. The Kier molecular flexibility index (Phi) is 3.68. The summed E-state index contributed by atoms with van der Waals surface area (Å²) in [4.78, 5) is 12.3. The zero-order valence-corrected chi connectivity index (χ0v) is 10.2. The molecule has 19 heavy (non-hydrogen) atoms. The maximum absolute atomic E-state index is 13.4. The summed E-state index contributed by atoms with van der Waals surface area (Å²) in [5.74, 6) is -4.35. The number of halogens is 3. The number of carboxylic acid groups (broad SMARTS) is 1. The average molecular weight is 273 g/mol. The van der Waals surface area contributed by atoms with Crippen LogP contribution in [-0.4, -0.2) is 30.1 Å². The number of alkyl halides is 2. The Balaban J connectivity index is 2.15. The van der Waals surface area contributed by atoms with Crippen molar-refractivity contribution in [3.63, 3.8) is 0 Å². The molecule has 1 aromatic rings. The van der Waals surface area contributed by atoms with Crippen molar-refractivity contribution in [1.29, 1.82) is 0 Å². The first-order valence-electron chi connectivity index (χ1n) is 6.00. The molecule has 0 aromatic heterocycles. The van der Waals surface area contributed by atoms with Gasteiger partial charge in [-0.15, -0.1) is 0 Å². The molecule has 6 heteroatoms. The molecule has 2 rings (SSSR count). The van der Waals surface area contributed by atoms with Gasteiger partial charge in [-0.3, -0.25) is 4.79 Å². The van der Waals surface area contributed by atoms with Gasteiger partial charge in [0.1, 0.15) is 5.82 Å². The first kappa shape index (κ1) is 13.7. The van der Waals surface area contributed by atoms with Crippen LogP contribution in [-0.2, 0) is 11.2 Å². The molecule has 3 nitrogen and oxygen atoms in total. The highest BCUT2D eigenvalue weighted by atomic mass is 19.3. The number of piperidine rings is 1. The fourth-order valence-corrected chi connectivity index (χ4v) is 2.15. The lowest BCUT2D eigenvalue weighted by Crippen LogP contribution is -2.39. The van der Waals surface area contributed by atoms with E-state index in [1.165, 1.54) is 18.2 Å². The molecular formula is C13H14F3NO2. The van der Waals surface area contributed by atoms with Crippen LogP contribution in [0.25, 0.3) is 0 Å². The lowest BCUT2D eigenvalue weighted by Gasteiger charge is -2.33. The number of carboxylic acids is 1. The van der Waals surface area contributed by atoms with Gasteiger partial charge in [0.2, 0.25) is 0 Å². The summed E-state index contributed by atoms with van der Waals surface area (Å²) in [6.45, 7) is 0.371. The maximum atomic E-state index is 13.4. The highest BCUT2D eigenvalue weighted by Gasteiger charge is 2.34. The predicted molar refractivity (Wildman–Crippen MR) is 64.1 cm³/mol. The van der Waals surface area contributed by atoms with Gasteiger partial charge in [-0.1, -0.05) is 0 Å². The minimum atomic E-state index is -2.64. The number of anilines is 1. The average Bonchev–Trinajstić information content (AvgIpc) is 2.32. The Morgan fingerprint density at radius 3 is 2.53 bits per heavy atom. The standard InChI is InChI=1S/C13H14F3NO2/c14-11-2-1-10(7-9(11)8-12(18)19)17-5-3-13(15,16)4-6-17/h1-2,7H,3-6,8H2,(H,18,19). The third kappa shape index (κ3) is 3.39. The number of hydrogen-bond acceptors (Lipinski definition) is 2. The number of hydrogen-bond donors (Lipinski definition) is 1. The SMILES string of the molecule is O=C(O)Cc1cc(N2CCC(F)(F)CC2)ccc1F. The van der Waals surface area contributed by atoms with Gasteiger partial charge < -0.3 is 10.0 Å². The molecule has 1 aliphatic heterocycles. The van der Waals surface area contributed by atoms with E-state index in [4.69, 9.17) is 5.11 Å². The quantitative estimate of drug-likeness (QED) is 0.920. The molecule has 0 atom stereocenters. The van der Waals surface area contributed by atoms with Crippen LogP contribution in [0.4, 0.5) is 18.9 Å². The van der Waals surface area contributed by atoms with Gasteiger partial charge in [0.05, 0.1) is 6.42 Å². The fourth-order valence-electron chi connectivity index (χ4n) is 2.15. The Morgan fingerprint density at radius 1 is 1.32 bits per heavy atom. The van der Waals surface area contributed by atoms with Crippen LogP contribution in [0.1, 0.15) is 18.4 Å². The van der Waals surface area contributed by atoms with E-state index in [1.807, 2.05) is 0 Å². The maximum Gasteiger partial charge on any atom is 0.307 e. The lowest BCUT2D eigenvalue weighted by molar-refractivity contribution is -0.136. The summed E-state index contributed by atoms with van der Waals surface area (Å²) in [6.07, 6.45) is -0.888. The molecule has 0 saturated carbocycles. The molecular weight excluding hydrogens is 259 g/mol. The molecule has 0 aliphatic carbocycles. The highest BCUT2D eigenvalue weighted by molar-refractivity contribution is 5.71. The summed E-state index contributed by atoms with van der Waals surface area (Å²) in [6, 6.07) is 4.09. The number of rotatable bonds is 3. The van der Waals surface area contributed by atoms with Gasteiger partial charge in [-0.05, 0) is 18.2 Å². The lowest BCUT2D eigenvalue weighted by atomic mass is 10.0. The van der Waals surface area contributed by atoms with Gasteiger partial charge in [0.15, 0.2) is 0 Å². The number of carbonyl (C=O) groups is 1. The van der Waals surface area contributed by atoms with Crippen LogP contribution >= 0.6 is 0 Å². The Morgan fingerprint density at radius 2 is 1.95 bits per heavy atom. The van der Waals surface area contributed by atoms with Crippen molar-refractivity contribution >= 4 is 11.7 Å². The first-order valence-corrected chi connectivity index (χ1v) is 6.00. The summed E-state index contributed by atoms with van der Waals surface area (Å²) in [5, 5.41) is 8.68. The third-order valence-electron chi connectivity index (χ3n) is 3.23. The van der Waals surface area contributed by atoms with Crippen LogP contribution in [0, 0.1) is 5.82 Å². The number of nitrogens with zero attached hydrogens (tertiary/aromatic N) is 1. The van der Waals surface area contributed by atoms with Gasteiger partial charge in [-0.2, -0.15) is 0 Å². The monoisotopic (exact) mass is 273 g/mol. The second-order valence-electron chi connectivity index (χ2n) is 4.69. The molecule has 0 amide bonds. The van der Waals surface area contributed by atoms with E-state index >= 15 is 0 Å². The van der Waals surface area contributed by atoms with E-state index in [1.54, 1.807) is 4.90 Å². The van der Waals surface area contributed by atoms with Crippen molar-refractivity contribution in [2.75, 3.05) is 18.0 Å². The molecule has 1 fully saturated rings. The second kappa shape index (κ2) is 5.11. The van der Waals surface area contributed by atoms with Crippen molar-refractivity contribution in [3.05, 3.63) is 29.6 Å². The van der Waals surface area contributed by atoms with E-state index in [0.29, 0.717) is 5.69 Å². The molecule has 0 radical (unpaired) electrons. The Bertz CT molecular complexity index is 481. The molecule has 0 spiro atoms. The van der Waals surface area contributed by atoms with Crippen LogP contribution in [0.3, 0.4) is 0 Å².